The van der Waals surface area contributed by atoms with Crippen molar-refractivity contribution in [3.63, 3.8) is 0 Å². The second kappa shape index (κ2) is 7.61. The largest absolute Gasteiger partial charge is 0.493 e. The Hall–Kier alpha value is -3.53. The normalized spacial score (nSPS) is 11.9. The lowest BCUT2D eigenvalue weighted by atomic mass is 9.97. The number of furan rings is 1. The number of ether oxygens (including phenoxy) is 1. The molecule has 0 saturated carbocycles. The molecule has 0 aliphatic carbocycles. The number of hydrogen-bond donors (Lipinski definition) is 1. The van der Waals surface area contributed by atoms with Gasteiger partial charge in [0.1, 0.15) is 0 Å². The number of hydrogen-bond acceptors (Lipinski definition) is 3. The molecule has 140 valence electrons. The summed E-state index contributed by atoms with van der Waals surface area (Å²) < 4.78 is 11.1. The topological polar surface area (TPSA) is 51.5 Å². The van der Waals surface area contributed by atoms with E-state index in [9.17, 15) is 4.79 Å². The molecule has 0 aliphatic heterocycles. The average Bonchev–Trinajstić information content (AvgIpc) is 3.18. The second-order valence-corrected chi connectivity index (χ2v) is 6.72. The van der Waals surface area contributed by atoms with Crippen LogP contribution in [0.1, 0.15) is 33.3 Å². The molecule has 4 heteroatoms. The van der Waals surface area contributed by atoms with Crippen LogP contribution in [0.25, 0.3) is 11.0 Å². The van der Waals surface area contributed by atoms with E-state index in [4.69, 9.17) is 9.15 Å². The summed E-state index contributed by atoms with van der Waals surface area (Å²) in [7, 11) is 1.58. The molecule has 4 nitrogen and oxygen atoms in total. The summed E-state index contributed by atoms with van der Waals surface area (Å²) >= 11 is 0. The van der Waals surface area contributed by atoms with Gasteiger partial charge in [-0.05, 0) is 30.2 Å². The molecule has 1 aromatic heterocycles. The van der Waals surface area contributed by atoms with Crippen LogP contribution < -0.4 is 10.1 Å². The highest BCUT2D eigenvalue weighted by Gasteiger charge is 2.21. The first-order chi connectivity index (χ1) is 13.7. The number of carbonyl (C=O) groups is 1. The lowest BCUT2D eigenvalue weighted by Gasteiger charge is -2.19. The van der Waals surface area contributed by atoms with Crippen molar-refractivity contribution in [3.05, 3.63) is 101 Å². The molecule has 1 amide bonds. The molecule has 1 atom stereocenters. The van der Waals surface area contributed by atoms with Gasteiger partial charge in [-0.2, -0.15) is 0 Å². The van der Waals surface area contributed by atoms with Crippen molar-refractivity contribution in [1.29, 1.82) is 0 Å². The van der Waals surface area contributed by atoms with Gasteiger partial charge in [-0.15, -0.1) is 0 Å². The van der Waals surface area contributed by atoms with Gasteiger partial charge in [0, 0.05) is 5.39 Å². The van der Waals surface area contributed by atoms with E-state index in [0.29, 0.717) is 11.3 Å². The van der Waals surface area contributed by atoms with Crippen LogP contribution in [0.4, 0.5) is 0 Å². The molecule has 0 bridgehead atoms. The van der Waals surface area contributed by atoms with Gasteiger partial charge in [-0.1, -0.05) is 72.3 Å². The summed E-state index contributed by atoms with van der Waals surface area (Å²) in [6, 6.07) is 25.1. The third kappa shape index (κ3) is 3.49. The van der Waals surface area contributed by atoms with Crippen LogP contribution in [0.15, 0.2) is 83.3 Å². The molecule has 4 rings (SSSR count). The van der Waals surface area contributed by atoms with Crippen LogP contribution in [0.2, 0.25) is 0 Å². The van der Waals surface area contributed by atoms with Crippen molar-refractivity contribution in [2.45, 2.75) is 13.0 Å². The maximum Gasteiger partial charge on any atom is 0.287 e. The molecule has 0 fully saturated rings. The molecule has 3 aromatic carbocycles. The Labute approximate surface area is 163 Å². The van der Waals surface area contributed by atoms with Crippen molar-refractivity contribution in [2.75, 3.05) is 7.11 Å². The number of amides is 1. The number of benzene rings is 3. The highest BCUT2D eigenvalue weighted by atomic mass is 16.5. The molecule has 0 saturated heterocycles. The molecule has 28 heavy (non-hydrogen) atoms. The maximum atomic E-state index is 13.0. The summed E-state index contributed by atoms with van der Waals surface area (Å²) in [6.45, 7) is 2.04. The quantitative estimate of drug-likeness (QED) is 0.520. The Morgan fingerprint density at radius 1 is 0.929 bits per heavy atom. The third-order valence-corrected chi connectivity index (χ3v) is 4.77. The van der Waals surface area contributed by atoms with Crippen LogP contribution in [0, 0.1) is 6.92 Å². The molecule has 1 heterocycles. The minimum Gasteiger partial charge on any atom is -0.493 e. The molecule has 0 spiro atoms. The molecule has 0 unspecified atom stereocenters. The van der Waals surface area contributed by atoms with E-state index in [0.717, 1.165) is 16.5 Å². The Bertz CT molecular complexity index is 1100. The van der Waals surface area contributed by atoms with E-state index in [1.807, 2.05) is 79.7 Å². The minimum atomic E-state index is -0.274. The van der Waals surface area contributed by atoms with Crippen LogP contribution in [-0.4, -0.2) is 13.0 Å². The van der Waals surface area contributed by atoms with Crippen molar-refractivity contribution in [3.8, 4) is 5.75 Å². The number of aryl methyl sites for hydroxylation is 1. The van der Waals surface area contributed by atoms with Gasteiger partial charge in [0.05, 0.1) is 13.2 Å². The Morgan fingerprint density at radius 3 is 2.36 bits per heavy atom. The van der Waals surface area contributed by atoms with Crippen LogP contribution in [-0.2, 0) is 0 Å². The molecule has 1 N–H and O–H groups in total. The van der Waals surface area contributed by atoms with E-state index < -0.39 is 0 Å². The number of carbonyl (C=O) groups excluding carboxylic acids is 1. The zero-order chi connectivity index (χ0) is 19.5. The summed E-state index contributed by atoms with van der Waals surface area (Å²) in [5.41, 5.74) is 3.76. The van der Waals surface area contributed by atoms with Crippen molar-refractivity contribution in [2.24, 2.45) is 0 Å². The minimum absolute atomic E-state index is 0.257. The Balaban J connectivity index is 1.68. The smallest absolute Gasteiger partial charge is 0.287 e. The first-order valence-electron chi connectivity index (χ1n) is 9.14. The predicted octanol–water partition coefficient (Wildman–Crippen LogP) is 5.27. The molecular weight excluding hydrogens is 350 g/mol. The van der Waals surface area contributed by atoms with Gasteiger partial charge >= 0.3 is 0 Å². The Morgan fingerprint density at radius 2 is 1.64 bits per heavy atom. The Kier molecular flexibility index (Phi) is 4.85. The number of fused-ring (bicyclic) bond motifs is 1. The highest BCUT2D eigenvalue weighted by Crippen LogP contribution is 2.29. The molecule has 4 aromatic rings. The van der Waals surface area contributed by atoms with Gasteiger partial charge in [-0.3, -0.25) is 4.79 Å². The van der Waals surface area contributed by atoms with Crippen LogP contribution in [0.3, 0.4) is 0 Å². The van der Waals surface area contributed by atoms with Crippen molar-refractivity contribution >= 4 is 16.9 Å². The fraction of sp³-hybridized carbons (Fsp3) is 0.125. The zero-order valence-corrected chi connectivity index (χ0v) is 15.8. The van der Waals surface area contributed by atoms with Gasteiger partial charge in [0.15, 0.2) is 17.1 Å². The third-order valence-electron chi connectivity index (χ3n) is 4.77. The lowest BCUT2D eigenvalue weighted by molar-refractivity contribution is 0.0917. The summed E-state index contributed by atoms with van der Waals surface area (Å²) in [4.78, 5) is 13.0. The monoisotopic (exact) mass is 371 g/mol. The van der Waals surface area contributed by atoms with Gasteiger partial charge < -0.3 is 14.5 Å². The van der Waals surface area contributed by atoms with Crippen molar-refractivity contribution < 1.29 is 13.9 Å². The van der Waals surface area contributed by atoms with Crippen LogP contribution in [0.5, 0.6) is 5.75 Å². The second-order valence-electron chi connectivity index (χ2n) is 6.72. The summed E-state index contributed by atoms with van der Waals surface area (Å²) in [6.07, 6.45) is 0. The van der Waals surface area contributed by atoms with E-state index in [1.54, 1.807) is 13.2 Å². The average molecular weight is 371 g/mol. The standard InChI is InChI=1S/C24H21NO3/c1-16-11-13-18(14-12-16)22(17-7-4-3-5-8-17)25-24(26)21-15-19-9-6-10-20(27-2)23(19)28-21/h3-15,22H,1-2H3,(H,25,26)/t22-/m1/s1. The van der Waals surface area contributed by atoms with E-state index >= 15 is 0 Å². The van der Waals surface area contributed by atoms with Crippen molar-refractivity contribution in [1.82, 2.24) is 5.32 Å². The van der Waals surface area contributed by atoms with E-state index in [1.165, 1.54) is 5.56 Å². The van der Waals surface area contributed by atoms with Crippen LogP contribution >= 0.6 is 0 Å². The predicted molar refractivity (Wildman–Crippen MR) is 110 cm³/mol. The van der Waals surface area contributed by atoms with Gasteiger partial charge in [-0.25, -0.2) is 0 Å². The highest BCUT2D eigenvalue weighted by molar-refractivity contribution is 5.97. The first-order valence-corrected chi connectivity index (χ1v) is 9.14. The summed E-state index contributed by atoms with van der Waals surface area (Å²) in [5, 5.41) is 3.94. The maximum absolute atomic E-state index is 13.0. The summed E-state index contributed by atoms with van der Waals surface area (Å²) in [5.74, 6) is 0.593. The van der Waals surface area contributed by atoms with E-state index in [2.05, 4.69) is 5.32 Å². The lowest BCUT2D eigenvalue weighted by Crippen LogP contribution is -2.29. The van der Waals surface area contributed by atoms with Gasteiger partial charge in [0.25, 0.3) is 5.91 Å². The zero-order valence-electron chi connectivity index (χ0n) is 15.8. The van der Waals surface area contributed by atoms with Gasteiger partial charge in [0.2, 0.25) is 0 Å². The number of methoxy groups -OCH3 is 1. The number of para-hydroxylation sites is 1. The number of rotatable bonds is 5. The fourth-order valence-corrected chi connectivity index (χ4v) is 3.27. The SMILES string of the molecule is COc1cccc2cc(C(=O)N[C@H](c3ccccc3)c3ccc(C)cc3)oc12. The molecule has 0 aliphatic rings. The first kappa shape index (κ1) is 17.9. The number of nitrogens with one attached hydrogen (secondary N) is 1. The van der Waals surface area contributed by atoms with E-state index in [-0.39, 0.29) is 17.7 Å². The fourth-order valence-electron chi connectivity index (χ4n) is 3.27. The molecular formula is C24H21NO3. The molecule has 0 radical (unpaired) electrons.